The fourth-order valence-electron chi connectivity index (χ4n) is 1.35. The molecule has 3 nitrogen and oxygen atoms in total. The summed E-state index contributed by atoms with van der Waals surface area (Å²) in [7, 11) is 0. The SMILES string of the molecule is N=C1CCCc2nccnc21. The van der Waals surface area contributed by atoms with Crippen molar-refractivity contribution in [2.24, 2.45) is 0 Å². The van der Waals surface area contributed by atoms with Gasteiger partial charge in [0, 0.05) is 12.4 Å². The van der Waals surface area contributed by atoms with Crippen molar-refractivity contribution in [3.63, 3.8) is 0 Å². The molecular weight excluding hydrogens is 138 g/mol. The zero-order valence-electron chi connectivity index (χ0n) is 6.17. The third-order valence-electron chi connectivity index (χ3n) is 1.90. The molecule has 0 fully saturated rings. The number of rotatable bonds is 0. The zero-order chi connectivity index (χ0) is 7.68. The molecule has 0 saturated heterocycles. The van der Waals surface area contributed by atoms with Gasteiger partial charge in [-0.15, -0.1) is 0 Å². The van der Waals surface area contributed by atoms with Gasteiger partial charge in [0.15, 0.2) is 0 Å². The van der Waals surface area contributed by atoms with Crippen LogP contribution in [-0.2, 0) is 6.42 Å². The van der Waals surface area contributed by atoms with E-state index in [0.717, 1.165) is 30.7 Å². The number of hydrogen-bond acceptors (Lipinski definition) is 3. The van der Waals surface area contributed by atoms with Crippen LogP contribution < -0.4 is 0 Å². The van der Waals surface area contributed by atoms with Gasteiger partial charge >= 0.3 is 0 Å². The summed E-state index contributed by atoms with van der Waals surface area (Å²) < 4.78 is 0. The molecule has 56 valence electrons. The zero-order valence-corrected chi connectivity index (χ0v) is 6.17. The van der Waals surface area contributed by atoms with Crippen molar-refractivity contribution < 1.29 is 0 Å². The second-order valence-corrected chi connectivity index (χ2v) is 2.68. The van der Waals surface area contributed by atoms with Crippen LogP contribution in [0.25, 0.3) is 0 Å². The van der Waals surface area contributed by atoms with E-state index in [4.69, 9.17) is 5.41 Å². The van der Waals surface area contributed by atoms with E-state index in [2.05, 4.69) is 9.97 Å². The van der Waals surface area contributed by atoms with Gasteiger partial charge in [0.2, 0.25) is 0 Å². The third kappa shape index (κ3) is 1.02. The molecule has 1 aliphatic rings. The summed E-state index contributed by atoms with van der Waals surface area (Å²) in [5.74, 6) is 0. The van der Waals surface area contributed by atoms with E-state index in [1.165, 1.54) is 0 Å². The molecule has 0 saturated carbocycles. The van der Waals surface area contributed by atoms with E-state index in [9.17, 15) is 0 Å². The van der Waals surface area contributed by atoms with E-state index in [1.807, 2.05) is 0 Å². The van der Waals surface area contributed by atoms with Gasteiger partial charge in [0.1, 0.15) is 5.69 Å². The lowest BCUT2D eigenvalue weighted by Gasteiger charge is -2.12. The largest absolute Gasteiger partial charge is 0.303 e. The van der Waals surface area contributed by atoms with E-state index in [1.54, 1.807) is 12.4 Å². The first kappa shape index (κ1) is 6.46. The normalized spacial score (nSPS) is 16.2. The van der Waals surface area contributed by atoms with Crippen molar-refractivity contribution in [3.05, 3.63) is 23.8 Å². The molecule has 2 rings (SSSR count). The van der Waals surface area contributed by atoms with Crippen molar-refractivity contribution in [3.8, 4) is 0 Å². The molecule has 0 aromatic carbocycles. The van der Waals surface area contributed by atoms with Gasteiger partial charge in [0.25, 0.3) is 0 Å². The number of aromatic nitrogens is 2. The number of nitrogens with zero attached hydrogens (tertiary/aromatic N) is 2. The summed E-state index contributed by atoms with van der Waals surface area (Å²) in [5, 5.41) is 7.57. The van der Waals surface area contributed by atoms with Gasteiger partial charge in [-0.1, -0.05) is 0 Å². The standard InChI is InChI=1S/C8H9N3/c9-6-2-1-3-7-8(6)11-5-4-10-7/h4-5,9H,1-3H2. The molecule has 0 amide bonds. The maximum atomic E-state index is 7.57. The minimum absolute atomic E-state index is 0.638. The van der Waals surface area contributed by atoms with Crippen LogP contribution >= 0.6 is 0 Å². The van der Waals surface area contributed by atoms with Crippen LogP contribution in [0.2, 0.25) is 0 Å². The van der Waals surface area contributed by atoms with Crippen LogP contribution in [0.5, 0.6) is 0 Å². The maximum Gasteiger partial charge on any atom is 0.105 e. The van der Waals surface area contributed by atoms with Crippen LogP contribution in [0.15, 0.2) is 12.4 Å². The monoisotopic (exact) mass is 147 g/mol. The first-order valence-corrected chi connectivity index (χ1v) is 3.75. The molecule has 0 unspecified atom stereocenters. The lowest BCUT2D eigenvalue weighted by molar-refractivity contribution is 0.791. The third-order valence-corrected chi connectivity index (χ3v) is 1.90. The number of aryl methyl sites for hydroxylation is 1. The molecule has 1 aliphatic carbocycles. The Morgan fingerprint density at radius 1 is 1.18 bits per heavy atom. The van der Waals surface area contributed by atoms with Gasteiger partial charge in [-0.25, -0.2) is 0 Å². The van der Waals surface area contributed by atoms with Crippen molar-refractivity contribution in [2.75, 3.05) is 0 Å². The summed E-state index contributed by atoms with van der Waals surface area (Å²) in [6.45, 7) is 0. The summed E-state index contributed by atoms with van der Waals surface area (Å²) in [6, 6.07) is 0. The molecule has 0 atom stereocenters. The van der Waals surface area contributed by atoms with E-state index < -0.39 is 0 Å². The molecule has 0 aliphatic heterocycles. The van der Waals surface area contributed by atoms with Crippen LogP contribution in [0, 0.1) is 5.41 Å². The highest BCUT2D eigenvalue weighted by atomic mass is 14.8. The summed E-state index contributed by atoms with van der Waals surface area (Å²) in [4.78, 5) is 8.28. The maximum absolute atomic E-state index is 7.57. The van der Waals surface area contributed by atoms with Crippen LogP contribution in [-0.4, -0.2) is 15.7 Å². The van der Waals surface area contributed by atoms with E-state index >= 15 is 0 Å². The minimum Gasteiger partial charge on any atom is -0.303 e. The molecule has 1 aromatic heterocycles. The molecule has 0 spiro atoms. The molecule has 1 N–H and O–H groups in total. The highest BCUT2D eigenvalue weighted by molar-refractivity contribution is 5.98. The van der Waals surface area contributed by atoms with Gasteiger partial charge in [-0.05, 0) is 19.3 Å². The molecule has 11 heavy (non-hydrogen) atoms. The van der Waals surface area contributed by atoms with Crippen molar-refractivity contribution in [1.29, 1.82) is 5.41 Å². The van der Waals surface area contributed by atoms with Gasteiger partial charge < -0.3 is 5.41 Å². The van der Waals surface area contributed by atoms with Crippen molar-refractivity contribution in [2.45, 2.75) is 19.3 Å². The Morgan fingerprint density at radius 2 is 2.00 bits per heavy atom. The second kappa shape index (κ2) is 2.42. The predicted molar refractivity (Wildman–Crippen MR) is 41.8 cm³/mol. The predicted octanol–water partition coefficient (Wildman–Crippen LogP) is 1.18. The molecule has 1 aromatic rings. The summed E-state index contributed by atoms with van der Waals surface area (Å²) in [5.41, 5.74) is 2.43. The Kier molecular flexibility index (Phi) is 1.42. The average molecular weight is 147 g/mol. The number of fused-ring (bicyclic) bond motifs is 1. The first-order valence-electron chi connectivity index (χ1n) is 3.75. The quantitative estimate of drug-likeness (QED) is 0.599. The Labute approximate surface area is 65.0 Å². The van der Waals surface area contributed by atoms with Crippen LogP contribution in [0.4, 0.5) is 0 Å². The smallest absolute Gasteiger partial charge is 0.105 e. The topological polar surface area (TPSA) is 49.6 Å². The van der Waals surface area contributed by atoms with E-state index in [-0.39, 0.29) is 0 Å². The summed E-state index contributed by atoms with van der Waals surface area (Å²) >= 11 is 0. The van der Waals surface area contributed by atoms with E-state index in [0.29, 0.717) is 5.71 Å². The molecule has 0 bridgehead atoms. The summed E-state index contributed by atoms with van der Waals surface area (Å²) in [6.07, 6.45) is 6.22. The van der Waals surface area contributed by atoms with Gasteiger partial charge in [0.05, 0.1) is 11.4 Å². The second-order valence-electron chi connectivity index (χ2n) is 2.68. The minimum atomic E-state index is 0.638. The number of hydrogen-bond donors (Lipinski definition) is 1. The molecular formula is C8H9N3. The molecule has 0 radical (unpaired) electrons. The van der Waals surface area contributed by atoms with Gasteiger partial charge in [-0.2, -0.15) is 0 Å². The first-order chi connectivity index (χ1) is 5.38. The Hall–Kier alpha value is -1.25. The van der Waals surface area contributed by atoms with Gasteiger partial charge in [-0.3, -0.25) is 9.97 Å². The van der Waals surface area contributed by atoms with Crippen LogP contribution in [0.1, 0.15) is 24.2 Å². The highest BCUT2D eigenvalue weighted by Gasteiger charge is 2.15. The number of nitrogens with one attached hydrogen (secondary N) is 1. The lowest BCUT2D eigenvalue weighted by Crippen LogP contribution is -2.14. The average Bonchev–Trinajstić information content (AvgIpc) is 2.06. The Bertz CT molecular complexity index is 293. The fraction of sp³-hybridized carbons (Fsp3) is 0.375. The fourth-order valence-corrected chi connectivity index (χ4v) is 1.35. The molecule has 3 heteroatoms. The van der Waals surface area contributed by atoms with Crippen molar-refractivity contribution >= 4 is 5.71 Å². The lowest BCUT2D eigenvalue weighted by atomic mass is 9.99. The van der Waals surface area contributed by atoms with Crippen molar-refractivity contribution in [1.82, 2.24) is 9.97 Å². The Balaban J connectivity index is 2.52. The Morgan fingerprint density at radius 3 is 2.82 bits per heavy atom. The highest BCUT2D eigenvalue weighted by Crippen LogP contribution is 2.15. The van der Waals surface area contributed by atoms with Crippen LogP contribution in [0.3, 0.4) is 0 Å². The molecule has 1 heterocycles.